The fourth-order valence-electron chi connectivity index (χ4n) is 2.19. The topological polar surface area (TPSA) is 89.5 Å². The Hall–Kier alpha value is -1.91. The second kappa shape index (κ2) is 8.19. The van der Waals surface area contributed by atoms with Crippen LogP contribution in [-0.2, 0) is 16.6 Å². The molecule has 0 aliphatic heterocycles. The number of thioether (sulfide) groups is 1. The fourth-order valence-corrected chi connectivity index (χ4v) is 4.37. The van der Waals surface area contributed by atoms with Crippen LogP contribution in [0, 0.1) is 6.92 Å². The van der Waals surface area contributed by atoms with Crippen molar-refractivity contribution in [3.8, 4) is 0 Å². The maximum Gasteiger partial charge on any atom is 0.258 e. The molecule has 1 N–H and O–H groups in total. The van der Waals surface area contributed by atoms with Crippen LogP contribution in [0.5, 0.6) is 0 Å². The second-order valence-electron chi connectivity index (χ2n) is 5.43. The number of anilines is 1. The van der Waals surface area contributed by atoms with Gasteiger partial charge in [-0.05, 0) is 25.1 Å². The van der Waals surface area contributed by atoms with E-state index in [1.165, 1.54) is 23.1 Å². The number of nitrogens with zero attached hydrogens (tertiary/aromatic N) is 3. The quantitative estimate of drug-likeness (QED) is 0.639. The number of nitrogens with one attached hydrogen (secondary N) is 1. The second-order valence-corrected chi connectivity index (χ2v) is 8.34. The van der Waals surface area contributed by atoms with Crippen molar-refractivity contribution in [1.29, 1.82) is 0 Å². The van der Waals surface area contributed by atoms with Gasteiger partial charge in [0.25, 0.3) is 5.91 Å². The lowest BCUT2D eigenvalue weighted by Crippen LogP contribution is -2.17. The van der Waals surface area contributed by atoms with Gasteiger partial charge in [0.1, 0.15) is 5.76 Å². The van der Waals surface area contributed by atoms with E-state index in [0.29, 0.717) is 16.4 Å². The summed E-state index contributed by atoms with van der Waals surface area (Å²) in [5.74, 6) is 0.731. The van der Waals surface area contributed by atoms with Crippen LogP contribution in [0.25, 0.3) is 10.2 Å². The summed E-state index contributed by atoms with van der Waals surface area (Å²) >= 11 is 6.09. The summed E-state index contributed by atoms with van der Waals surface area (Å²) in [6, 6.07) is 7.55. The van der Waals surface area contributed by atoms with E-state index >= 15 is 0 Å². The third-order valence-electron chi connectivity index (χ3n) is 3.35. The number of amides is 2. The van der Waals surface area contributed by atoms with E-state index in [2.05, 4.69) is 31.4 Å². The van der Waals surface area contributed by atoms with Crippen molar-refractivity contribution in [2.24, 2.45) is 12.0 Å². The molecule has 10 heteroatoms. The van der Waals surface area contributed by atoms with Crippen molar-refractivity contribution in [1.82, 2.24) is 9.72 Å². The maximum absolute atomic E-state index is 12.1. The zero-order valence-electron chi connectivity index (χ0n) is 14.0. The van der Waals surface area contributed by atoms with E-state index in [-0.39, 0.29) is 23.3 Å². The minimum absolute atomic E-state index is 0.128. The van der Waals surface area contributed by atoms with Crippen molar-refractivity contribution in [2.75, 3.05) is 16.8 Å². The zero-order valence-corrected chi connectivity index (χ0v) is 17.2. The summed E-state index contributed by atoms with van der Waals surface area (Å²) < 4.78 is 8.78. The Morgan fingerprint density at radius 3 is 2.92 bits per heavy atom. The third-order valence-corrected chi connectivity index (χ3v) is 5.85. The van der Waals surface area contributed by atoms with E-state index in [0.717, 1.165) is 14.7 Å². The van der Waals surface area contributed by atoms with E-state index in [9.17, 15) is 9.59 Å². The molecular formula is C16H15BrN4O3S2. The minimum atomic E-state index is -0.277. The Morgan fingerprint density at radius 1 is 1.38 bits per heavy atom. The lowest BCUT2D eigenvalue weighted by atomic mass is 10.3. The molecule has 3 rings (SSSR count). The molecule has 0 spiro atoms. The molecule has 0 atom stereocenters. The van der Waals surface area contributed by atoms with Crippen molar-refractivity contribution in [3.63, 3.8) is 0 Å². The van der Waals surface area contributed by atoms with Crippen LogP contribution in [-0.4, -0.2) is 33.0 Å². The highest BCUT2D eigenvalue weighted by Gasteiger charge is 2.09. The molecule has 0 aliphatic carbocycles. The lowest BCUT2D eigenvalue weighted by molar-refractivity contribution is -0.115. The minimum Gasteiger partial charge on any atom is -0.360 e. The van der Waals surface area contributed by atoms with Gasteiger partial charge in [0.2, 0.25) is 5.91 Å². The molecule has 0 saturated carbocycles. The van der Waals surface area contributed by atoms with Crippen LogP contribution in [0.2, 0.25) is 0 Å². The molecule has 0 saturated heterocycles. The third kappa shape index (κ3) is 4.63. The van der Waals surface area contributed by atoms with Gasteiger partial charge in [-0.15, -0.1) is 11.8 Å². The molecule has 0 aliphatic rings. The van der Waals surface area contributed by atoms with Crippen molar-refractivity contribution >= 4 is 66.9 Å². The standard InChI is InChI=1S/C16H15BrN4O3S2/c1-9-5-13(20-24-9)18-14(22)7-25-8-15(23)19-16-21(2)11-4-3-10(17)6-12(11)26-16/h3-6H,7-8H2,1-2H3,(H,18,20,22). The molecule has 0 bridgehead atoms. The van der Waals surface area contributed by atoms with Gasteiger partial charge >= 0.3 is 0 Å². The Labute approximate surface area is 165 Å². The fraction of sp³-hybridized carbons (Fsp3) is 0.250. The number of carbonyl (C=O) groups is 2. The van der Waals surface area contributed by atoms with Gasteiger partial charge in [0, 0.05) is 17.6 Å². The number of benzene rings is 1. The van der Waals surface area contributed by atoms with E-state index in [1.807, 2.05) is 29.8 Å². The highest BCUT2D eigenvalue weighted by molar-refractivity contribution is 9.10. The largest absolute Gasteiger partial charge is 0.360 e. The van der Waals surface area contributed by atoms with Crippen molar-refractivity contribution < 1.29 is 14.1 Å². The summed E-state index contributed by atoms with van der Waals surface area (Å²) in [5.41, 5.74) is 1.01. The molecule has 2 heterocycles. The van der Waals surface area contributed by atoms with Gasteiger partial charge in [0.05, 0.1) is 21.7 Å². The predicted molar refractivity (Wildman–Crippen MR) is 106 cm³/mol. The van der Waals surface area contributed by atoms with Crippen LogP contribution in [0.4, 0.5) is 5.82 Å². The van der Waals surface area contributed by atoms with Crippen LogP contribution >= 0.6 is 39.0 Å². The highest BCUT2D eigenvalue weighted by atomic mass is 79.9. The SMILES string of the molecule is Cc1cc(NC(=O)CSCC(=O)N=c2sc3cc(Br)ccc3n2C)no1. The Kier molecular flexibility index (Phi) is 5.94. The molecule has 0 radical (unpaired) electrons. The summed E-state index contributed by atoms with van der Waals surface area (Å²) in [7, 11) is 1.87. The Morgan fingerprint density at radius 2 is 2.19 bits per heavy atom. The molecule has 2 aromatic heterocycles. The molecule has 2 amide bonds. The number of aryl methyl sites for hydroxylation is 2. The number of hydrogen-bond donors (Lipinski definition) is 1. The van der Waals surface area contributed by atoms with E-state index in [4.69, 9.17) is 4.52 Å². The van der Waals surface area contributed by atoms with Crippen LogP contribution in [0.1, 0.15) is 5.76 Å². The van der Waals surface area contributed by atoms with E-state index < -0.39 is 0 Å². The normalized spacial score (nSPS) is 11.9. The monoisotopic (exact) mass is 454 g/mol. The maximum atomic E-state index is 12.1. The summed E-state index contributed by atoms with van der Waals surface area (Å²) in [5, 5.41) is 6.29. The average molecular weight is 455 g/mol. The zero-order chi connectivity index (χ0) is 18.7. The molecular weight excluding hydrogens is 440 g/mol. The molecule has 7 nitrogen and oxygen atoms in total. The number of fused-ring (bicyclic) bond motifs is 1. The molecule has 136 valence electrons. The Balaban J connectivity index is 1.58. The highest BCUT2D eigenvalue weighted by Crippen LogP contribution is 2.21. The predicted octanol–water partition coefficient (Wildman–Crippen LogP) is 3.10. The van der Waals surface area contributed by atoms with Gasteiger partial charge in [-0.2, -0.15) is 4.99 Å². The number of hydrogen-bond acceptors (Lipinski definition) is 6. The molecule has 26 heavy (non-hydrogen) atoms. The first-order valence-electron chi connectivity index (χ1n) is 7.56. The summed E-state index contributed by atoms with van der Waals surface area (Å²) in [6.45, 7) is 1.74. The number of halogens is 1. The Bertz CT molecular complexity index is 1040. The number of aromatic nitrogens is 2. The molecule has 0 fully saturated rings. The van der Waals surface area contributed by atoms with Gasteiger partial charge in [0.15, 0.2) is 10.6 Å². The smallest absolute Gasteiger partial charge is 0.258 e. The van der Waals surface area contributed by atoms with Gasteiger partial charge in [-0.3, -0.25) is 9.59 Å². The van der Waals surface area contributed by atoms with Crippen LogP contribution in [0.15, 0.2) is 38.3 Å². The first kappa shape index (κ1) is 18.9. The summed E-state index contributed by atoms with van der Waals surface area (Å²) in [6.07, 6.45) is 0. The molecule has 1 aromatic carbocycles. The van der Waals surface area contributed by atoms with Gasteiger partial charge < -0.3 is 14.4 Å². The average Bonchev–Trinajstić information content (AvgIpc) is 3.11. The molecule has 3 aromatic rings. The van der Waals surface area contributed by atoms with Crippen LogP contribution < -0.4 is 10.1 Å². The first-order valence-corrected chi connectivity index (χ1v) is 10.3. The lowest BCUT2D eigenvalue weighted by Gasteiger charge is -1.99. The number of thiazole rings is 1. The van der Waals surface area contributed by atoms with Crippen molar-refractivity contribution in [2.45, 2.75) is 6.92 Å². The molecule has 0 unspecified atom stereocenters. The van der Waals surface area contributed by atoms with Gasteiger partial charge in [-0.25, -0.2) is 0 Å². The van der Waals surface area contributed by atoms with Crippen LogP contribution in [0.3, 0.4) is 0 Å². The summed E-state index contributed by atoms with van der Waals surface area (Å²) in [4.78, 5) is 28.7. The first-order chi connectivity index (χ1) is 12.4. The van der Waals surface area contributed by atoms with Gasteiger partial charge in [-0.1, -0.05) is 32.4 Å². The van der Waals surface area contributed by atoms with Crippen molar-refractivity contribution in [3.05, 3.63) is 39.3 Å². The number of carbonyl (C=O) groups excluding carboxylic acids is 2. The van der Waals surface area contributed by atoms with E-state index in [1.54, 1.807) is 13.0 Å². The number of rotatable bonds is 5.